The Hall–Kier alpha value is -2.80. The Bertz CT molecular complexity index is 806. The minimum atomic E-state index is -0.0840. The average molecular weight is 400 g/mol. The minimum absolute atomic E-state index is 0.0840. The first-order chi connectivity index (χ1) is 14.2. The number of amides is 1. The Kier molecular flexibility index (Phi) is 7.69. The zero-order valence-electron chi connectivity index (χ0n) is 17.2. The van der Waals surface area contributed by atoms with Crippen molar-refractivity contribution in [2.45, 2.75) is 20.3 Å². The lowest BCUT2D eigenvalue weighted by Gasteiger charge is -2.22. The maximum atomic E-state index is 12.8. The molecular formula is C22H30N3O4+. The second kappa shape index (κ2) is 10.7. The summed E-state index contributed by atoms with van der Waals surface area (Å²) in [4.78, 5) is 18.1. The van der Waals surface area contributed by atoms with Gasteiger partial charge in [0.1, 0.15) is 18.7 Å². The maximum absolute atomic E-state index is 12.8. The molecule has 7 nitrogen and oxygen atoms in total. The fourth-order valence-electron chi connectivity index (χ4n) is 3.33. The zero-order valence-corrected chi connectivity index (χ0v) is 17.2. The molecular weight excluding hydrogens is 370 g/mol. The first-order valence-corrected chi connectivity index (χ1v) is 10.2. The SMILES string of the molecule is CCOc1ccc(CCNC(=O)c2ccc[nH+]c2N2CCOCC2)cc1OCC. The molecule has 1 saturated heterocycles. The molecule has 1 aliphatic heterocycles. The summed E-state index contributed by atoms with van der Waals surface area (Å²) >= 11 is 0. The normalized spacial score (nSPS) is 13.8. The number of aromatic amines is 1. The number of ether oxygens (including phenoxy) is 3. The van der Waals surface area contributed by atoms with Gasteiger partial charge in [-0.3, -0.25) is 9.69 Å². The van der Waals surface area contributed by atoms with Gasteiger partial charge in [-0.1, -0.05) is 6.07 Å². The standard InChI is InChI=1S/C22H29N3O4/c1-3-28-19-8-7-17(16-20(19)29-4-2)9-11-24-22(26)18-6-5-10-23-21(18)25-12-14-27-15-13-25/h5-8,10,16H,3-4,9,11-15H2,1-2H3,(H,24,26)/p+1. The van der Waals surface area contributed by atoms with E-state index in [-0.39, 0.29) is 5.91 Å². The third-order valence-corrected chi connectivity index (χ3v) is 4.71. The van der Waals surface area contributed by atoms with Gasteiger partial charge < -0.3 is 19.5 Å². The van der Waals surface area contributed by atoms with E-state index in [1.807, 2.05) is 50.4 Å². The van der Waals surface area contributed by atoms with Gasteiger partial charge in [0.15, 0.2) is 11.5 Å². The number of nitrogens with zero attached hydrogens (tertiary/aromatic N) is 1. The number of anilines is 1. The number of benzene rings is 1. The summed E-state index contributed by atoms with van der Waals surface area (Å²) in [5.41, 5.74) is 1.74. The van der Waals surface area contributed by atoms with Crippen LogP contribution in [0.25, 0.3) is 0 Å². The number of rotatable bonds is 9. The minimum Gasteiger partial charge on any atom is -0.490 e. The van der Waals surface area contributed by atoms with Crippen LogP contribution in [0, 0.1) is 0 Å². The van der Waals surface area contributed by atoms with Crippen LogP contribution in [-0.2, 0) is 11.2 Å². The molecule has 0 atom stereocenters. The Morgan fingerprint density at radius 2 is 1.90 bits per heavy atom. The van der Waals surface area contributed by atoms with E-state index < -0.39 is 0 Å². The number of carbonyl (C=O) groups is 1. The molecule has 1 fully saturated rings. The lowest BCUT2D eigenvalue weighted by atomic mass is 10.1. The number of carbonyl (C=O) groups excluding carboxylic acids is 1. The van der Waals surface area contributed by atoms with Crippen LogP contribution >= 0.6 is 0 Å². The second-order valence-electron chi connectivity index (χ2n) is 6.68. The van der Waals surface area contributed by atoms with Crippen molar-refractivity contribution in [2.75, 3.05) is 51.0 Å². The molecule has 0 unspecified atom stereocenters. The second-order valence-corrected chi connectivity index (χ2v) is 6.68. The van der Waals surface area contributed by atoms with Gasteiger partial charge >= 0.3 is 0 Å². The van der Waals surface area contributed by atoms with E-state index >= 15 is 0 Å². The maximum Gasteiger partial charge on any atom is 0.287 e. The summed E-state index contributed by atoms with van der Waals surface area (Å²) in [6.45, 7) is 8.49. The van der Waals surface area contributed by atoms with E-state index in [0.717, 1.165) is 36.0 Å². The average Bonchev–Trinajstić information content (AvgIpc) is 2.76. The van der Waals surface area contributed by atoms with E-state index in [1.54, 1.807) is 0 Å². The van der Waals surface area contributed by atoms with Crippen molar-refractivity contribution >= 4 is 11.7 Å². The summed E-state index contributed by atoms with van der Waals surface area (Å²) in [6.07, 6.45) is 2.55. The highest BCUT2D eigenvalue weighted by atomic mass is 16.5. The lowest BCUT2D eigenvalue weighted by molar-refractivity contribution is -0.364. The van der Waals surface area contributed by atoms with Crippen molar-refractivity contribution in [3.63, 3.8) is 0 Å². The Morgan fingerprint density at radius 3 is 2.66 bits per heavy atom. The lowest BCUT2D eigenvalue weighted by Crippen LogP contribution is -2.41. The number of morpholine rings is 1. The number of aromatic nitrogens is 1. The van der Waals surface area contributed by atoms with Crippen LogP contribution in [0.1, 0.15) is 29.8 Å². The van der Waals surface area contributed by atoms with E-state index in [4.69, 9.17) is 14.2 Å². The molecule has 0 saturated carbocycles. The van der Waals surface area contributed by atoms with Crippen LogP contribution in [-0.4, -0.2) is 52.0 Å². The Labute approximate surface area is 172 Å². The topological polar surface area (TPSA) is 74.2 Å². The van der Waals surface area contributed by atoms with Gasteiger partial charge in [-0.25, -0.2) is 4.98 Å². The fraction of sp³-hybridized carbons (Fsp3) is 0.455. The largest absolute Gasteiger partial charge is 0.490 e. The molecule has 7 heteroatoms. The van der Waals surface area contributed by atoms with Crippen LogP contribution in [0.3, 0.4) is 0 Å². The summed E-state index contributed by atoms with van der Waals surface area (Å²) < 4.78 is 16.7. The molecule has 2 aromatic rings. The highest BCUT2D eigenvalue weighted by Crippen LogP contribution is 2.28. The van der Waals surface area contributed by atoms with Crippen LogP contribution in [0.2, 0.25) is 0 Å². The number of hydrogen-bond acceptors (Lipinski definition) is 5. The molecule has 2 heterocycles. The molecule has 0 bridgehead atoms. The van der Waals surface area contributed by atoms with Gasteiger partial charge in [-0.2, -0.15) is 0 Å². The van der Waals surface area contributed by atoms with Crippen molar-refractivity contribution in [2.24, 2.45) is 0 Å². The van der Waals surface area contributed by atoms with Crippen LogP contribution in [0.15, 0.2) is 36.5 Å². The predicted octanol–water partition coefficient (Wildman–Crippen LogP) is 2.11. The van der Waals surface area contributed by atoms with Gasteiger partial charge in [-0.05, 0) is 50.1 Å². The Balaban J connectivity index is 1.61. The first kappa shape index (κ1) is 20.9. The summed E-state index contributed by atoms with van der Waals surface area (Å²) in [5.74, 6) is 2.25. The van der Waals surface area contributed by atoms with Crippen molar-refractivity contribution in [1.29, 1.82) is 0 Å². The van der Waals surface area contributed by atoms with Gasteiger partial charge in [-0.15, -0.1) is 0 Å². The summed E-state index contributed by atoms with van der Waals surface area (Å²) in [7, 11) is 0. The number of pyridine rings is 1. The molecule has 0 aliphatic carbocycles. The van der Waals surface area contributed by atoms with Crippen LogP contribution in [0.4, 0.5) is 5.82 Å². The third kappa shape index (κ3) is 5.60. The Morgan fingerprint density at radius 1 is 1.14 bits per heavy atom. The number of hydrogen-bond donors (Lipinski definition) is 1. The predicted molar refractivity (Wildman–Crippen MR) is 111 cm³/mol. The fourth-order valence-corrected chi connectivity index (χ4v) is 3.33. The van der Waals surface area contributed by atoms with Crippen LogP contribution in [0.5, 0.6) is 11.5 Å². The first-order valence-electron chi connectivity index (χ1n) is 10.2. The van der Waals surface area contributed by atoms with Gasteiger partial charge in [0.2, 0.25) is 0 Å². The van der Waals surface area contributed by atoms with Gasteiger partial charge in [0.05, 0.1) is 32.6 Å². The number of nitrogens with one attached hydrogen (secondary N) is 2. The molecule has 0 spiro atoms. The molecule has 1 amide bonds. The van der Waals surface area contributed by atoms with Gasteiger partial charge in [0.25, 0.3) is 11.7 Å². The molecule has 2 N–H and O–H groups in total. The van der Waals surface area contributed by atoms with Crippen molar-refractivity contribution in [1.82, 2.24) is 5.32 Å². The number of H-pyrrole nitrogens is 1. The van der Waals surface area contributed by atoms with Gasteiger partial charge in [0, 0.05) is 6.54 Å². The summed E-state index contributed by atoms with van der Waals surface area (Å²) in [6, 6.07) is 9.61. The molecule has 1 aliphatic rings. The zero-order chi connectivity index (χ0) is 20.5. The van der Waals surface area contributed by atoms with Crippen molar-refractivity contribution < 1.29 is 24.0 Å². The monoisotopic (exact) mass is 400 g/mol. The molecule has 156 valence electrons. The molecule has 1 aromatic heterocycles. The quantitative estimate of drug-likeness (QED) is 0.698. The third-order valence-electron chi connectivity index (χ3n) is 4.71. The molecule has 1 aromatic carbocycles. The molecule has 29 heavy (non-hydrogen) atoms. The summed E-state index contributed by atoms with van der Waals surface area (Å²) in [5, 5.41) is 3.03. The van der Waals surface area contributed by atoms with E-state index in [1.165, 1.54) is 0 Å². The smallest absolute Gasteiger partial charge is 0.287 e. The van der Waals surface area contributed by atoms with E-state index in [9.17, 15) is 4.79 Å². The molecule has 0 radical (unpaired) electrons. The van der Waals surface area contributed by atoms with E-state index in [0.29, 0.717) is 45.0 Å². The molecule has 3 rings (SSSR count). The highest BCUT2D eigenvalue weighted by Gasteiger charge is 2.25. The van der Waals surface area contributed by atoms with Crippen molar-refractivity contribution in [3.05, 3.63) is 47.7 Å². The van der Waals surface area contributed by atoms with Crippen molar-refractivity contribution in [3.8, 4) is 11.5 Å². The highest BCUT2D eigenvalue weighted by molar-refractivity contribution is 5.98. The van der Waals surface area contributed by atoms with E-state index in [2.05, 4.69) is 15.2 Å². The van der Waals surface area contributed by atoms with Crippen LogP contribution < -0.4 is 24.7 Å².